The monoisotopic (exact) mass is 284 g/mol. The first-order valence-corrected chi connectivity index (χ1v) is 8.01. The van der Waals surface area contributed by atoms with Gasteiger partial charge in [0.05, 0.1) is 0 Å². The zero-order chi connectivity index (χ0) is 14.7. The molecule has 0 saturated carbocycles. The lowest BCUT2D eigenvalue weighted by Gasteiger charge is -2.25. The number of hydrogen-bond donors (Lipinski definition) is 1. The van der Waals surface area contributed by atoms with Crippen LogP contribution < -0.4 is 5.32 Å². The molecule has 1 aromatic heterocycles. The first-order valence-electron chi connectivity index (χ1n) is 8.01. The van der Waals surface area contributed by atoms with Gasteiger partial charge in [-0.3, -0.25) is 4.68 Å². The minimum atomic E-state index is 0.438. The van der Waals surface area contributed by atoms with Crippen molar-refractivity contribution >= 4 is 0 Å². The number of nitrogens with zero attached hydrogens (tertiary/aromatic N) is 3. The minimum absolute atomic E-state index is 0.438. The predicted molar refractivity (Wildman–Crippen MR) is 84.4 cm³/mol. The third kappa shape index (κ3) is 2.86. The average molecular weight is 284 g/mol. The van der Waals surface area contributed by atoms with E-state index in [2.05, 4.69) is 53.5 Å². The second-order valence-electron chi connectivity index (χ2n) is 5.70. The molecule has 0 radical (unpaired) electrons. The van der Waals surface area contributed by atoms with Gasteiger partial charge in [-0.1, -0.05) is 31.2 Å². The van der Waals surface area contributed by atoms with Crippen molar-refractivity contribution < 1.29 is 0 Å². The molecule has 0 fully saturated rings. The molecule has 0 amide bonds. The molecule has 3 rings (SSSR count). The fraction of sp³-hybridized carbons (Fsp3) is 0.529. The Labute approximate surface area is 126 Å². The van der Waals surface area contributed by atoms with E-state index < -0.39 is 0 Å². The van der Waals surface area contributed by atoms with Gasteiger partial charge in [0.1, 0.15) is 12.2 Å². The van der Waals surface area contributed by atoms with Gasteiger partial charge in [-0.05, 0) is 37.4 Å². The van der Waals surface area contributed by atoms with Gasteiger partial charge in [-0.25, -0.2) is 4.98 Å². The Morgan fingerprint density at radius 1 is 1.33 bits per heavy atom. The third-order valence-electron chi connectivity index (χ3n) is 4.53. The zero-order valence-corrected chi connectivity index (χ0v) is 12.9. The number of aromatic nitrogens is 3. The zero-order valence-electron chi connectivity index (χ0n) is 12.9. The highest BCUT2D eigenvalue weighted by molar-refractivity contribution is 5.36. The lowest BCUT2D eigenvalue weighted by atomic mass is 9.90. The minimum Gasteiger partial charge on any atom is -0.313 e. The second kappa shape index (κ2) is 6.39. The molecule has 0 aliphatic heterocycles. The summed E-state index contributed by atoms with van der Waals surface area (Å²) in [7, 11) is 0. The molecule has 0 spiro atoms. The van der Waals surface area contributed by atoms with E-state index in [1.165, 1.54) is 24.0 Å². The SMILES string of the molecule is CCNC(Cc1ncnn1CC)C1CCc2ccccc21. The van der Waals surface area contributed by atoms with Gasteiger partial charge in [-0.15, -0.1) is 0 Å². The number of rotatable bonds is 6. The summed E-state index contributed by atoms with van der Waals surface area (Å²) in [6.07, 6.45) is 5.05. The molecule has 1 N–H and O–H groups in total. The van der Waals surface area contributed by atoms with Crippen LogP contribution in [0.1, 0.15) is 43.1 Å². The molecule has 2 atom stereocenters. The van der Waals surface area contributed by atoms with Crippen molar-refractivity contribution in [3.05, 3.63) is 47.5 Å². The van der Waals surface area contributed by atoms with Gasteiger partial charge in [0.2, 0.25) is 0 Å². The molecule has 0 bridgehead atoms. The highest BCUT2D eigenvalue weighted by Crippen LogP contribution is 2.36. The van der Waals surface area contributed by atoms with E-state index in [1.807, 2.05) is 4.68 Å². The normalized spacial score (nSPS) is 18.7. The summed E-state index contributed by atoms with van der Waals surface area (Å²) < 4.78 is 2.01. The van der Waals surface area contributed by atoms with Crippen LogP contribution in [-0.4, -0.2) is 27.4 Å². The molecule has 2 unspecified atom stereocenters. The fourth-order valence-corrected chi connectivity index (χ4v) is 3.53. The van der Waals surface area contributed by atoms with E-state index in [0.29, 0.717) is 12.0 Å². The summed E-state index contributed by atoms with van der Waals surface area (Å²) in [6.45, 7) is 6.17. The van der Waals surface area contributed by atoms with E-state index in [-0.39, 0.29) is 0 Å². The van der Waals surface area contributed by atoms with E-state index in [9.17, 15) is 0 Å². The van der Waals surface area contributed by atoms with E-state index in [1.54, 1.807) is 6.33 Å². The van der Waals surface area contributed by atoms with Crippen LogP contribution in [0.2, 0.25) is 0 Å². The molecule has 1 aliphatic rings. The van der Waals surface area contributed by atoms with Crippen LogP contribution in [-0.2, 0) is 19.4 Å². The van der Waals surface area contributed by atoms with E-state index >= 15 is 0 Å². The van der Waals surface area contributed by atoms with Gasteiger partial charge in [0.25, 0.3) is 0 Å². The van der Waals surface area contributed by atoms with E-state index in [4.69, 9.17) is 0 Å². The number of hydrogen-bond acceptors (Lipinski definition) is 3. The maximum absolute atomic E-state index is 4.45. The number of aryl methyl sites for hydroxylation is 2. The maximum atomic E-state index is 4.45. The van der Waals surface area contributed by atoms with Gasteiger partial charge < -0.3 is 5.32 Å². The van der Waals surface area contributed by atoms with Crippen LogP contribution >= 0.6 is 0 Å². The predicted octanol–water partition coefficient (Wildman–Crippen LogP) is 2.55. The Hall–Kier alpha value is -1.68. The van der Waals surface area contributed by atoms with Gasteiger partial charge in [0.15, 0.2) is 0 Å². The Morgan fingerprint density at radius 2 is 2.19 bits per heavy atom. The van der Waals surface area contributed by atoms with Gasteiger partial charge in [0, 0.05) is 24.9 Å². The average Bonchev–Trinajstić information content (AvgIpc) is 3.12. The third-order valence-corrected chi connectivity index (χ3v) is 4.53. The first kappa shape index (κ1) is 14.3. The summed E-state index contributed by atoms with van der Waals surface area (Å²) in [6, 6.07) is 9.31. The summed E-state index contributed by atoms with van der Waals surface area (Å²) >= 11 is 0. The van der Waals surface area contributed by atoms with Crippen molar-refractivity contribution in [2.24, 2.45) is 0 Å². The van der Waals surface area contributed by atoms with Crippen LogP contribution in [0.5, 0.6) is 0 Å². The Morgan fingerprint density at radius 3 is 3.00 bits per heavy atom. The van der Waals surface area contributed by atoms with Crippen LogP contribution in [0.15, 0.2) is 30.6 Å². The molecular weight excluding hydrogens is 260 g/mol. The topological polar surface area (TPSA) is 42.7 Å². The van der Waals surface area contributed by atoms with Crippen LogP contribution in [0.3, 0.4) is 0 Å². The largest absolute Gasteiger partial charge is 0.313 e. The Balaban J connectivity index is 1.82. The standard InChI is InChI=1S/C17H24N4/c1-3-18-16(11-17-19-12-20-21(17)4-2)15-10-9-13-7-5-6-8-14(13)15/h5-8,12,15-16,18H,3-4,9-11H2,1-2H3. The number of fused-ring (bicyclic) bond motifs is 1. The Kier molecular flexibility index (Phi) is 4.34. The highest BCUT2D eigenvalue weighted by atomic mass is 15.3. The summed E-state index contributed by atoms with van der Waals surface area (Å²) in [4.78, 5) is 4.45. The van der Waals surface area contributed by atoms with Gasteiger partial charge >= 0.3 is 0 Å². The fourth-order valence-electron chi connectivity index (χ4n) is 3.53. The van der Waals surface area contributed by atoms with Crippen LogP contribution in [0.25, 0.3) is 0 Å². The molecule has 1 heterocycles. The highest BCUT2D eigenvalue weighted by Gasteiger charge is 2.30. The molecule has 2 aromatic rings. The molecule has 4 nitrogen and oxygen atoms in total. The van der Waals surface area contributed by atoms with Gasteiger partial charge in [-0.2, -0.15) is 5.10 Å². The second-order valence-corrected chi connectivity index (χ2v) is 5.70. The lowest BCUT2D eigenvalue weighted by Crippen LogP contribution is -2.37. The Bertz CT molecular complexity index is 590. The van der Waals surface area contributed by atoms with E-state index in [0.717, 1.165) is 25.3 Å². The van der Waals surface area contributed by atoms with Crippen molar-refractivity contribution in [3.8, 4) is 0 Å². The molecule has 21 heavy (non-hydrogen) atoms. The number of nitrogens with one attached hydrogen (secondary N) is 1. The quantitative estimate of drug-likeness (QED) is 0.886. The number of likely N-dealkylation sites (N-methyl/N-ethyl adjacent to an activating group) is 1. The van der Waals surface area contributed by atoms with Crippen molar-refractivity contribution in [3.63, 3.8) is 0 Å². The molecule has 4 heteroatoms. The van der Waals surface area contributed by atoms with Crippen molar-refractivity contribution in [1.82, 2.24) is 20.1 Å². The smallest absolute Gasteiger partial charge is 0.138 e. The van der Waals surface area contributed by atoms with Crippen molar-refractivity contribution in [1.29, 1.82) is 0 Å². The maximum Gasteiger partial charge on any atom is 0.138 e. The van der Waals surface area contributed by atoms with Crippen LogP contribution in [0, 0.1) is 0 Å². The summed E-state index contributed by atoms with van der Waals surface area (Å²) in [5, 5.41) is 7.97. The van der Waals surface area contributed by atoms with Crippen molar-refractivity contribution in [2.75, 3.05) is 6.54 Å². The molecule has 1 aliphatic carbocycles. The molecule has 0 saturated heterocycles. The summed E-state index contributed by atoms with van der Waals surface area (Å²) in [5.74, 6) is 1.68. The molecule has 112 valence electrons. The molecular formula is C17H24N4. The van der Waals surface area contributed by atoms with Crippen LogP contribution in [0.4, 0.5) is 0 Å². The van der Waals surface area contributed by atoms with Crippen molar-refractivity contribution in [2.45, 2.75) is 51.6 Å². The molecule has 1 aromatic carbocycles. The first-order chi connectivity index (χ1) is 10.3. The lowest BCUT2D eigenvalue weighted by molar-refractivity contribution is 0.418. The number of benzene rings is 1. The summed E-state index contributed by atoms with van der Waals surface area (Å²) in [5.41, 5.74) is 3.04.